The molecule has 1 heterocycles. The Balaban J connectivity index is 2.63. The molecule has 0 radical (unpaired) electrons. The van der Waals surface area contributed by atoms with Crippen LogP contribution in [-0.2, 0) is 11.2 Å². The van der Waals surface area contributed by atoms with Crippen molar-refractivity contribution in [3.8, 4) is 0 Å². The Bertz CT molecular complexity index is 446. The van der Waals surface area contributed by atoms with Gasteiger partial charge in [-0.1, -0.05) is 0 Å². The Labute approximate surface area is 90.5 Å². The fourth-order valence-electron chi connectivity index (χ4n) is 1.11. The number of amides is 1. The van der Waals surface area contributed by atoms with E-state index >= 15 is 0 Å². The molecule has 0 bridgehead atoms. The molecule has 7 nitrogen and oxygen atoms in total. The van der Waals surface area contributed by atoms with Crippen LogP contribution in [0.1, 0.15) is 12.6 Å². The molecule has 0 aromatic carbocycles. The molecule has 0 aliphatic carbocycles. The van der Waals surface area contributed by atoms with E-state index in [9.17, 15) is 14.4 Å². The third-order valence-corrected chi connectivity index (χ3v) is 1.76. The number of rotatable bonds is 4. The summed E-state index contributed by atoms with van der Waals surface area (Å²) in [7, 11) is 0. The van der Waals surface area contributed by atoms with E-state index in [2.05, 4.69) is 10.3 Å². The van der Waals surface area contributed by atoms with Crippen LogP contribution in [0.3, 0.4) is 0 Å². The minimum absolute atomic E-state index is 0.105. The van der Waals surface area contributed by atoms with Crippen LogP contribution in [0.2, 0.25) is 0 Å². The normalized spacial score (nSPS) is 12.1. The van der Waals surface area contributed by atoms with Gasteiger partial charge in [0.1, 0.15) is 0 Å². The molecule has 16 heavy (non-hydrogen) atoms. The quantitative estimate of drug-likeness (QED) is 0.481. The molecule has 88 valence electrons. The second kappa shape index (κ2) is 5.26. The second-order valence-electron chi connectivity index (χ2n) is 3.44. The van der Waals surface area contributed by atoms with E-state index in [1.165, 1.54) is 6.92 Å². The van der Waals surface area contributed by atoms with Gasteiger partial charge in [0.2, 0.25) is 5.91 Å². The van der Waals surface area contributed by atoms with Crippen LogP contribution in [0.4, 0.5) is 0 Å². The van der Waals surface area contributed by atoms with Crippen molar-refractivity contribution in [3.05, 3.63) is 32.6 Å². The lowest BCUT2D eigenvalue weighted by atomic mass is 10.3. The smallest absolute Gasteiger partial charge is 0.325 e. The van der Waals surface area contributed by atoms with E-state index in [4.69, 9.17) is 5.11 Å². The molecule has 1 rings (SSSR count). The first-order chi connectivity index (χ1) is 7.47. The van der Waals surface area contributed by atoms with Gasteiger partial charge in [-0.2, -0.15) is 0 Å². The Morgan fingerprint density at radius 1 is 1.50 bits per heavy atom. The fraction of sp³-hybridized carbons (Fsp3) is 0.444. The number of carbonyl (C=O) groups is 1. The summed E-state index contributed by atoms with van der Waals surface area (Å²) < 4.78 is 0. The number of aromatic nitrogens is 2. The van der Waals surface area contributed by atoms with Gasteiger partial charge in [0.25, 0.3) is 5.56 Å². The topological polar surface area (TPSA) is 115 Å². The average Bonchev–Trinajstić information content (AvgIpc) is 2.12. The van der Waals surface area contributed by atoms with Crippen molar-refractivity contribution in [2.75, 3.05) is 6.54 Å². The largest absolute Gasteiger partial charge is 0.392 e. The highest BCUT2D eigenvalue weighted by Crippen LogP contribution is 1.88. The van der Waals surface area contributed by atoms with Crippen LogP contribution < -0.4 is 16.6 Å². The third-order valence-electron chi connectivity index (χ3n) is 1.76. The van der Waals surface area contributed by atoms with E-state index in [-0.39, 0.29) is 24.6 Å². The zero-order chi connectivity index (χ0) is 12.1. The lowest BCUT2D eigenvalue weighted by Gasteiger charge is -2.06. The maximum Gasteiger partial charge on any atom is 0.325 e. The van der Waals surface area contributed by atoms with E-state index in [0.717, 1.165) is 6.07 Å². The third kappa shape index (κ3) is 4.09. The summed E-state index contributed by atoms with van der Waals surface area (Å²) in [4.78, 5) is 37.4. The van der Waals surface area contributed by atoms with Crippen molar-refractivity contribution < 1.29 is 9.90 Å². The molecule has 0 unspecified atom stereocenters. The van der Waals surface area contributed by atoms with Gasteiger partial charge in [-0.05, 0) is 6.92 Å². The molecule has 4 N–H and O–H groups in total. The van der Waals surface area contributed by atoms with E-state index < -0.39 is 17.4 Å². The van der Waals surface area contributed by atoms with Gasteiger partial charge in [-0.25, -0.2) is 4.79 Å². The SMILES string of the molecule is C[C@@H](O)CNC(=O)Cc1cc(=O)[nH]c(=O)[nH]1. The standard InChI is InChI=1S/C9H13N3O4/c1-5(13)4-10-7(14)2-6-3-8(15)12-9(16)11-6/h3,5,13H,2,4H2,1H3,(H,10,14)(H2,11,12,15,16)/t5-/m1/s1. The number of hydrogen-bond acceptors (Lipinski definition) is 4. The zero-order valence-corrected chi connectivity index (χ0v) is 8.74. The number of aliphatic hydroxyl groups is 1. The van der Waals surface area contributed by atoms with Crippen LogP contribution in [0.25, 0.3) is 0 Å². The molecule has 0 saturated heterocycles. The van der Waals surface area contributed by atoms with Crippen molar-refractivity contribution in [1.82, 2.24) is 15.3 Å². The van der Waals surface area contributed by atoms with Crippen molar-refractivity contribution >= 4 is 5.91 Å². The van der Waals surface area contributed by atoms with Gasteiger partial charge in [-0.3, -0.25) is 14.6 Å². The molecule has 1 amide bonds. The molecular formula is C9H13N3O4. The summed E-state index contributed by atoms with van der Waals surface area (Å²) >= 11 is 0. The van der Waals surface area contributed by atoms with Crippen LogP contribution in [-0.4, -0.2) is 33.6 Å². The zero-order valence-electron chi connectivity index (χ0n) is 8.74. The molecule has 0 aliphatic heterocycles. The Hall–Kier alpha value is -1.89. The van der Waals surface area contributed by atoms with Crippen molar-refractivity contribution in [1.29, 1.82) is 0 Å². The summed E-state index contributed by atoms with van der Waals surface area (Å²) in [5.74, 6) is -0.373. The van der Waals surface area contributed by atoms with Gasteiger partial charge in [0.15, 0.2) is 0 Å². The van der Waals surface area contributed by atoms with Crippen molar-refractivity contribution in [2.24, 2.45) is 0 Å². The van der Waals surface area contributed by atoms with E-state index in [1.807, 2.05) is 4.98 Å². The fourth-order valence-corrected chi connectivity index (χ4v) is 1.11. The van der Waals surface area contributed by atoms with Crippen molar-refractivity contribution in [2.45, 2.75) is 19.4 Å². The molecular weight excluding hydrogens is 214 g/mol. The first-order valence-electron chi connectivity index (χ1n) is 4.74. The first-order valence-corrected chi connectivity index (χ1v) is 4.74. The van der Waals surface area contributed by atoms with Gasteiger partial charge < -0.3 is 15.4 Å². The highest BCUT2D eigenvalue weighted by Gasteiger charge is 2.05. The molecule has 7 heteroatoms. The lowest BCUT2D eigenvalue weighted by molar-refractivity contribution is -0.120. The highest BCUT2D eigenvalue weighted by molar-refractivity contribution is 5.78. The lowest BCUT2D eigenvalue weighted by Crippen LogP contribution is -2.33. The molecule has 0 spiro atoms. The Morgan fingerprint density at radius 2 is 2.19 bits per heavy atom. The molecule has 0 fully saturated rings. The number of nitrogens with one attached hydrogen (secondary N) is 3. The predicted octanol–water partition coefficient (Wildman–Crippen LogP) is -1.90. The monoisotopic (exact) mass is 227 g/mol. The molecule has 1 aromatic heterocycles. The number of carbonyl (C=O) groups excluding carboxylic acids is 1. The number of H-pyrrole nitrogens is 2. The summed E-state index contributed by atoms with van der Waals surface area (Å²) in [5.41, 5.74) is -0.968. The number of aliphatic hydroxyl groups excluding tert-OH is 1. The Kier molecular flexibility index (Phi) is 4.01. The summed E-state index contributed by atoms with van der Waals surface area (Å²) in [6, 6.07) is 1.14. The van der Waals surface area contributed by atoms with Crippen LogP contribution >= 0.6 is 0 Å². The second-order valence-corrected chi connectivity index (χ2v) is 3.44. The molecule has 1 atom stereocenters. The summed E-state index contributed by atoms with van der Waals surface area (Å²) in [6.07, 6.45) is -0.742. The van der Waals surface area contributed by atoms with Crippen LogP contribution in [0, 0.1) is 0 Å². The summed E-state index contributed by atoms with van der Waals surface area (Å²) in [6.45, 7) is 1.67. The maximum atomic E-state index is 11.3. The van der Waals surface area contributed by atoms with E-state index in [1.54, 1.807) is 0 Å². The minimum Gasteiger partial charge on any atom is -0.392 e. The van der Waals surface area contributed by atoms with Gasteiger partial charge in [0, 0.05) is 18.3 Å². The average molecular weight is 227 g/mol. The number of hydrogen-bond donors (Lipinski definition) is 4. The Morgan fingerprint density at radius 3 is 2.75 bits per heavy atom. The predicted molar refractivity (Wildman–Crippen MR) is 56.1 cm³/mol. The van der Waals surface area contributed by atoms with Gasteiger partial charge in [-0.15, -0.1) is 0 Å². The van der Waals surface area contributed by atoms with Crippen LogP contribution in [0.15, 0.2) is 15.7 Å². The minimum atomic E-state index is -0.647. The van der Waals surface area contributed by atoms with Crippen LogP contribution in [0.5, 0.6) is 0 Å². The molecule has 0 aliphatic rings. The van der Waals surface area contributed by atoms with Gasteiger partial charge in [0.05, 0.1) is 12.5 Å². The first kappa shape index (κ1) is 12.2. The van der Waals surface area contributed by atoms with Crippen molar-refractivity contribution in [3.63, 3.8) is 0 Å². The number of aromatic amines is 2. The highest BCUT2D eigenvalue weighted by atomic mass is 16.3. The van der Waals surface area contributed by atoms with Gasteiger partial charge >= 0.3 is 5.69 Å². The maximum absolute atomic E-state index is 11.3. The summed E-state index contributed by atoms with van der Waals surface area (Å²) in [5, 5.41) is 11.4. The molecule has 0 saturated carbocycles. The molecule has 1 aromatic rings. The van der Waals surface area contributed by atoms with E-state index in [0.29, 0.717) is 0 Å².